The molecular formula is C13H13F3N4. The molecule has 0 saturated carbocycles. The van der Waals surface area contributed by atoms with E-state index in [2.05, 4.69) is 15.4 Å². The molecular weight excluding hydrogens is 269 g/mol. The molecule has 2 aromatic rings. The Morgan fingerprint density at radius 1 is 1.25 bits per heavy atom. The molecule has 0 aliphatic carbocycles. The predicted molar refractivity (Wildman–Crippen MR) is 67.2 cm³/mol. The molecule has 3 N–H and O–H groups in total. The van der Waals surface area contributed by atoms with Crippen molar-refractivity contribution >= 4 is 0 Å². The van der Waals surface area contributed by atoms with Gasteiger partial charge in [-0.25, -0.2) is 9.97 Å². The average Bonchev–Trinajstić information content (AvgIpc) is 2.45. The zero-order valence-electron chi connectivity index (χ0n) is 10.4. The van der Waals surface area contributed by atoms with E-state index in [-0.39, 0.29) is 6.04 Å². The smallest absolute Gasteiger partial charge is 0.271 e. The van der Waals surface area contributed by atoms with Crippen LogP contribution in [0.25, 0.3) is 0 Å². The second-order valence-electron chi connectivity index (χ2n) is 4.26. The number of hydrogen-bond donors (Lipinski definition) is 2. The van der Waals surface area contributed by atoms with Crippen LogP contribution in [0.2, 0.25) is 0 Å². The van der Waals surface area contributed by atoms with Crippen molar-refractivity contribution in [2.75, 3.05) is 0 Å². The number of nitrogens with zero attached hydrogens (tertiary/aromatic N) is 2. The van der Waals surface area contributed by atoms with Crippen molar-refractivity contribution < 1.29 is 13.2 Å². The second kappa shape index (κ2) is 5.98. The Kier molecular flexibility index (Phi) is 4.31. The van der Waals surface area contributed by atoms with Crippen molar-refractivity contribution in [1.29, 1.82) is 0 Å². The molecule has 0 bridgehead atoms. The maximum Gasteiger partial charge on any atom is 0.416 e. The Balaban J connectivity index is 2.20. The lowest BCUT2D eigenvalue weighted by atomic mass is 10.0. The number of nitrogens with two attached hydrogens (primary N) is 1. The molecule has 1 heterocycles. The lowest BCUT2D eigenvalue weighted by Crippen LogP contribution is -2.30. The highest BCUT2D eigenvalue weighted by molar-refractivity contribution is 5.27. The molecule has 1 aromatic heterocycles. The van der Waals surface area contributed by atoms with Crippen molar-refractivity contribution in [2.45, 2.75) is 18.6 Å². The standard InChI is InChI=1S/C13H13F3N4/c14-13(15,16)10-3-1-2-9(6-10)7-12(20-17)11-4-5-18-8-19-11/h1-6,8,12,20H,7,17H2. The number of halogens is 3. The first-order chi connectivity index (χ1) is 9.50. The van der Waals surface area contributed by atoms with Gasteiger partial charge in [0.05, 0.1) is 17.3 Å². The minimum atomic E-state index is -4.35. The van der Waals surface area contributed by atoms with Gasteiger partial charge < -0.3 is 0 Å². The number of benzene rings is 1. The van der Waals surface area contributed by atoms with Crippen molar-refractivity contribution in [3.8, 4) is 0 Å². The normalized spacial score (nSPS) is 13.2. The van der Waals surface area contributed by atoms with Gasteiger partial charge in [-0.3, -0.25) is 11.3 Å². The molecule has 7 heteroatoms. The summed E-state index contributed by atoms with van der Waals surface area (Å²) in [5, 5.41) is 0. The summed E-state index contributed by atoms with van der Waals surface area (Å²) >= 11 is 0. The Morgan fingerprint density at radius 2 is 2.05 bits per heavy atom. The molecule has 0 spiro atoms. The lowest BCUT2D eigenvalue weighted by molar-refractivity contribution is -0.137. The monoisotopic (exact) mass is 282 g/mol. The fourth-order valence-electron chi connectivity index (χ4n) is 1.87. The fourth-order valence-corrected chi connectivity index (χ4v) is 1.87. The molecule has 0 aliphatic heterocycles. The van der Waals surface area contributed by atoms with E-state index < -0.39 is 11.7 Å². The van der Waals surface area contributed by atoms with Gasteiger partial charge in [0.2, 0.25) is 0 Å². The summed E-state index contributed by atoms with van der Waals surface area (Å²) in [5.74, 6) is 5.44. The predicted octanol–water partition coefficient (Wildman–Crippen LogP) is 2.24. The summed E-state index contributed by atoms with van der Waals surface area (Å²) in [6.45, 7) is 0. The average molecular weight is 282 g/mol. The number of alkyl halides is 3. The lowest BCUT2D eigenvalue weighted by Gasteiger charge is -2.16. The largest absolute Gasteiger partial charge is 0.416 e. The number of rotatable bonds is 4. The van der Waals surface area contributed by atoms with Crippen LogP contribution >= 0.6 is 0 Å². The van der Waals surface area contributed by atoms with E-state index in [1.807, 2.05) is 0 Å². The maximum atomic E-state index is 12.6. The third kappa shape index (κ3) is 3.52. The highest BCUT2D eigenvalue weighted by atomic mass is 19.4. The van der Waals surface area contributed by atoms with E-state index >= 15 is 0 Å². The van der Waals surface area contributed by atoms with Gasteiger partial charge in [0.25, 0.3) is 0 Å². The number of aromatic nitrogens is 2. The topological polar surface area (TPSA) is 63.8 Å². The first-order valence-corrected chi connectivity index (χ1v) is 5.89. The molecule has 2 rings (SSSR count). The van der Waals surface area contributed by atoms with Gasteiger partial charge in [-0.05, 0) is 24.1 Å². The first-order valence-electron chi connectivity index (χ1n) is 5.89. The van der Waals surface area contributed by atoms with Crippen LogP contribution in [0.3, 0.4) is 0 Å². The van der Waals surface area contributed by atoms with Gasteiger partial charge in [0, 0.05) is 6.20 Å². The molecule has 0 saturated heterocycles. The van der Waals surface area contributed by atoms with Crippen molar-refractivity contribution in [1.82, 2.24) is 15.4 Å². The zero-order chi connectivity index (χ0) is 14.6. The summed E-state index contributed by atoms with van der Waals surface area (Å²) < 4.78 is 37.9. The van der Waals surface area contributed by atoms with Crippen LogP contribution in [-0.4, -0.2) is 9.97 Å². The van der Waals surface area contributed by atoms with Crippen LogP contribution in [-0.2, 0) is 12.6 Å². The molecule has 1 aromatic carbocycles. The van der Waals surface area contributed by atoms with Gasteiger partial charge in [0.15, 0.2) is 0 Å². The van der Waals surface area contributed by atoms with E-state index in [9.17, 15) is 13.2 Å². The van der Waals surface area contributed by atoms with Crippen LogP contribution in [0.5, 0.6) is 0 Å². The molecule has 4 nitrogen and oxygen atoms in total. The van der Waals surface area contributed by atoms with Gasteiger partial charge in [-0.2, -0.15) is 13.2 Å². The Hall–Kier alpha value is -1.99. The van der Waals surface area contributed by atoms with Crippen molar-refractivity contribution in [2.24, 2.45) is 5.84 Å². The molecule has 1 unspecified atom stereocenters. The van der Waals surface area contributed by atoms with Crippen LogP contribution in [0, 0.1) is 0 Å². The summed E-state index contributed by atoms with van der Waals surface area (Å²) in [6.07, 6.45) is -1.13. The molecule has 0 aliphatic rings. The molecule has 106 valence electrons. The van der Waals surface area contributed by atoms with Crippen LogP contribution in [0.4, 0.5) is 13.2 Å². The van der Waals surface area contributed by atoms with Crippen molar-refractivity contribution in [3.05, 3.63) is 59.7 Å². The van der Waals surface area contributed by atoms with Crippen molar-refractivity contribution in [3.63, 3.8) is 0 Å². The number of hydrogen-bond acceptors (Lipinski definition) is 4. The molecule has 20 heavy (non-hydrogen) atoms. The van der Waals surface area contributed by atoms with Gasteiger partial charge in [-0.15, -0.1) is 0 Å². The number of hydrazine groups is 1. The second-order valence-corrected chi connectivity index (χ2v) is 4.26. The van der Waals surface area contributed by atoms with Gasteiger partial charge in [0.1, 0.15) is 6.33 Å². The minimum Gasteiger partial charge on any atom is -0.271 e. The van der Waals surface area contributed by atoms with E-state index in [4.69, 9.17) is 5.84 Å². The van der Waals surface area contributed by atoms with E-state index in [1.165, 1.54) is 12.4 Å². The highest BCUT2D eigenvalue weighted by Crippen LogP contribution is 2.30. The summed E-state index contributed by atoms with van der Waals surface area (Å²) in [5.41, 5.74) is 3.03. The van der Waals surface area contributed by atoms with Crippen LogP contribution in [0.1, 0.15) is 22.9 Å². The molecule has 1 atom stereocenters. The maximum absolute atomic E-state index is 12.6. The van der Waals surface area contributed by atoms with Crippen LogP contribution < -0.4 is 11.3 Å². The summed E-state index contributed by atoms with van der Waals surface area (Å²) in [4.78, 5) is 7.83. The molecule has 0 amide bonds. The minimum absolute atomic E-state index is 0.303. The van der Waals surface area contributed by atoms with E-state index in [0.29, 0.717) is 17.7 Å². The van der Waals surface area contributed by atoms with Crippen LogP contribution in [0.15, 0.2) is 42.9 Å². The summed E-state index contributed by atoms with van der Waals surface area (Å²) in [7, 11) is 0. The summed E-state index contributed by atoms with van der Waals surface area (Å²) in [6, 6.07) is 6.45. The quantitative estimate of drug-likeness (QED) is 0.667. The van der Waals surface area contributed by atoms with E-state index in [0.717, 1.165) is 12.1 Å². The SMILES string of the molecule is NNC(Cc1cccc(C(F)(F)F)c1)c1ccncn1. The van der Waals surface area contributed by atoms with Gasteiger partial charge >= 0.3 is 6.18 Å². The number of nitrogens with one attached hydrogen (secondary N) is 1. The fraction of sp³-hybridized carbons (Fsp3) is 0.231. The first kappa shape index (κ1) is 14.4. The van der Waals surface area contributed by atoms with E-state index in [1.54, 1.807) is 18.3 Å². The molecule has 0 fully saturated rings. The third-order valence-electron chi connectivity index (χ3n) is 2.86. The molecule has 0 radical (unpaired) electrons. The van der Waals surface area contributed by atoms with Gasteiger partial charge in [-0.1, -0.05) is 18.2 Å². The zero-order valence-corrected chi connectivity index (χ0v) is 10.4. The third-order valence-corrected chi connectivity index (χ3v) is 2.86. The highest BCUT2D eigenvalue weighted by Gasteiger charge is 2.30. The Morgan fingerprint density at radius 3 is 2.65 bits per heavy atom. The Bertz CT molecular complexity index is 557. The Labute approximate surface area is 113 Å².